The van der Waals surface area contributed by atoms with Crippen molar-refractivity contribution in [2.24, 2.45) is 0 Å². The van der Waals surface area contributed by atoms with Crippen LogP contribution in [0.3, 0.4) is 0 Å². The molecular weight excluding hydrogens is 257 g/mol. The lowest BCUT2D eigenvalue weighted by atomic mass is 10.2. The quantitative estimate of drug-likeness (QED) is 0.888. The molecule has 4 heteroatoms. The number of rotatable bonds is 4. The van der Waals surface area contributed by atoms with Crippen LogP contribution in [0, 0.1) is 0 Å². The molecule has 0 saturated carbocycles. The molecule has 1 aromatic heterocycles. The third-order valence-corrected chi connectivity index (χ3v) is 3.32. The Morgan fingerprint density at radius 1 is 1.18 bits per heavy atom. The van der Waals surface area contributed by atoms with Gasteiger partial charge in [0.1, 0.15) is 5.76 Å². The van der Waals surface area contributed by atoms with E-state index in [1.165, 1.54) is 0 Å². The highest BCUT2D eigenvalue weighted by molar-refractivity contribution is 6.35. The summed E-state index contributed by atoms with van der Waals surface area (Å²) in [7, 11) is 0. The predicted octanol–water partition coefficient (Wildman–Crippen LogP) is 4.44. The number of hydrogen-bond acceptors (Lipinski definition) is 2. The van der Waals surface area contributed by atoms with Gasteiger partial charge in [0.15, 0.2) is 0 Å². The largest absolute Gasteiger partial charge is 0.468 e. The number of hydrogen-bond donors (Lipinski definition) is 1. The Morgan fingerprint density at radius 3 is 2.47 bits per heavy atom. The van der Waals surface area contributed by atoms with Crippen LogP contribution in [-0.2, 0) is 6.54 Å². The molecule has 1 atom stereocenters. The van der Waals surface area contributed by atoms with Crippen LogP contribution in [-0.4, -0.2) is 0 Å². The van der Waals surface area contributed by atoms with Gasteiger partial charge < -0.3 is 9.73 Å². The molecule has 0 aliphatic heterocycles. The van der Waals surface area contributed by atoms with E-state index < -0.39 is 0 Å². The predicted molar refractivity (Wildman–Crippen MR) is 70.4 cm³/mol. The van der Waals surface area contributed by atoms with Crippen LogP contribution in [0.2, 0.25) is 10.0 Å². The molecule has 90 valence electrons. The van der Waals surface area contributed by atoms with Gasteiger partial charge in [-0.1, -0.05) is 29.3 Å². The zero-order valence-electron chi connectivity index (χ0n) is 9.41. The molecule has 2 rings (SSSR count). The van der Waals surface area contributed by atoms with Crippen molar-refractivity contribution in [2.75, 3.05) is 0 Å². The standard InChI is InChI=1S/C13H13Cl2NO/c1-9(13-6-3-7-17-13)16-8-10-11(14)4-2-5-12(10)15/h2-7,9,16H,8H2,1H3/t9-/m1/s1. The molecule has 0 fully saturated rings. The smallest absolute Gasteiger partial charge is 0.120 e. The summed E-state index contributed by atoms with van der Waals surface area (Å²) in [5, 5.41) is 4.68. The minimum Gasteiger partial charge on any atom is -0.468 e. The summed E-state index contributed by atoms with van der Waals surface area (Å²) in [6.07, 6.45) is 1.66. The fourth-order valence-corrected chi connectivity index (χ4v) is 2.13. The number of furan rings is 1. The second-order valence-electron chi connectivity index (χ2n) is 3.82. The zero-order chi connectivity index (χ0) is 12.3. The van der Waals surface area contributed by atoms with E-state index in [0.29, 0.717) is 16.6 Å². The van der Waals surface area contributed by atoms with Gasteiger partial charge in [0.2, 0.25) is 0 Å². The third-order valence-electron chi connectivity index (χ3n) is 2.62. The molecule has 0 bridgehead atoms. The molecule has 1 N–H and O–H groups in total. The lowest BCUT2D eigenvalue weighted by Gasteiger charge is -2.13. The highest BCUT2D eigenvalue weighted by Crippen LogP contribution is 2.25. The molecule has 0 aliphatic carbocycles. The van der Waals surface area contributed by atoms with Crippen LogP contribution in [0.25, 0.3) is 0 Å². The first-order chi connectivity index (χ1) is 8.18. The minimum absolute atomic E-state index is 0.123. The fourth-order valence-electron chi connectivity index (χ4n) is 1.59. The maximum absolute atomic E-state index is 6.09. The van der Waals surface area contributed by atoms with E-state index in [2.05, 4.69) is 5.32 Å². The first-order valence-corrected chi connectivity index (χ1v) is 6.13. The molecule has 0 spiro atoms. The molecule has 0 unspecified atom stereocenters. The van der Waals surface area contributed by atoms with Crippen LogP contribution < -0.4 is 5.32 Å². The first kappa shape index (κ1) is 12.5. The van der Waals surface area contributed by atoms with Crippen LogP contribution >= 0.6 is 23.2 Å². The lowest BCUT2D eigenvalue weighted by molar-refractivity contribution is 0.430. The van der Waals surface area contributed by atoms with E-state index in [1.807, 2.05) is 37.3 Å². The Kier molecular flexibility index (Phi) is 4.11. The molecule has 1 aromatic carbocycles. The number of benzene rings is 1. The van der Waals surface area contributed by atoms with Crippen LogP contribution in [0.15, 0.2) is 41.0 Å². The number of nitrogens with one attached hydrogen (secondary N) is 1. The summed E-state index contributed by atoms with van der Waals surface area (Å²) in [6, 6.07) is 9.44. The molecule has 17 heavy (non-hydrogen) atoms. The average molecular weight is 270 g/mol. The summed E-state index contributed by atoms with van der Waals surface area (Å²) in [6.45, 7) is 2.64. The molecular formula is C13H13Cl2NO. The molecule has 2 aromatic rings. The summed E-state index contributed by atoms with van der Waals surface area (Å²) < 4.78 is 5.32. The summed E-state index contributed by atoms with van der Waals surface area (Å²) in [4.78, 5) is 0. The van der Waals surface area contributed by atoms with Crippen LogP contribution in [0.5, 0.6) is 0 Å². The second kappa shape index (κ2) is 5.58. The number of halogens is 2. The highest BCUT2D eigenvalue weighted by Gasteiger charge is 2.10. The van der Waals surface area contributed by atoms with Crippen molar-refractivity contribution in [1.29, 1.82) is 0 Å². The van der Waals surface area contributed by atoms with Gasteiger partial charge in [0, 0.05) is 22.2 Å². The molecule has 0 radical (unpaired) electrons. The first-order valence-electron chi connectivity index (χ1n) is 5.38. The Bertz CT molecular complexity index is 462. The van der Waals surface area contributed by atoms with Gasteiger partial charge in [-0.2, -0.15) is 0 Å². The van der Waals surface area contributed by atoms with Crippen LogP contribution in [0.4, 0.5) is 0 Å². The van der Waals surface area contributed by atoms with Crippen LogP contribution in [0.1, 0.15) is 24.3 Å². The molecule has 1 heterocycles. The molecule has 0 aliphatic rings. The zero-order valence-corrected chi connectivity index (χ0v) is 10.9. The third kappa shape index (κ3) is 3.03. The normalized spacial score (nSPS) is 12.6. The van der Waals surface area contributed by atoms with Gasteiger partial charge in [0.25, 0.3) is 0 Å². The van der Waals surface area contributed by atoms with Crippen molar-refractivity contribution in [3.05, 3.63) is 58.0 Å². The van der Waals surface area contributed by atoms with Gasteiger partial charge in [-0.3, -0.25) is 0 Å². The van der Waals surface area contributed by atoms with E-state index in [9.17, 15) is 0 Å². The molecule has 0 amide bonds. The van der Waals surface area contributed by atoms with E-state index in [-0.39, 0.29) is 6.04 Å². The van der Waals surface area contributed by atoms with E-state index >= 15 is 0 Å². The highest BCUT2D eigenvalue weighted by atomic mass is 35.5. The average Bonchev–Trinajstić information content (AvgIpc) is 2.81. The van der Waals surface area contributed by atoms with Crippen molar-refractivity contribution in [3.8, 4) is 0 Å². The van der Waals surface area contributed by atoms with Gasteiger partial charge >= 0.3 is 0 Å². The van der Waals surface area contributed by atoms with E-state index in [4.69, 9.17) is 27.6 Å². The maximum atomic E-state index is 6.09. The summed E-state index contributed by atoms with van der Waals surface area (Å²) in [5.41, 5.74) is 0.911. The fraction of sp³-hybridized carbons (Fsp3) is 0.231. The topological polar surface area (TPSA) is 25.2 Å². The summed E-state index contributed by atoms with van der Waals surface area (Å²) >= 11 is 12.2. The molecule has 2 nitrogen and oxygen atoms in total. The SMILES string of the molecule is C[C@@H](NCc1c(Cl)cccc1Cl)c1ccco1. The van der Waals surface area contributed by atoms with Crippen molar-refractivity contribution in [1.82, 2.24) is 5.32 Å². The second-order valence-corrected chi connectivity index (χ2v) is 4.63. The maximum Gasteiger partial charge on any atom is 0.120 e. The van der Waals surface area contributed by atoms with Crippen molar-refractivity contribution in [2.45, 2.75) is 19.5 Å². The van der Waals surface area contributed by atoms with Gasteiger partial charge in [0.05, 0.1) is 12.3 Å². The van der Waals surface area contributed by atoms with E-state index in [1.54, 1.807) is 6.26 Å². The monoisotopic (exact) mass is 269 g/mol. The Labute approximate surface area is 111 Å². The Balaban J connectivity index is 2.03. The van der Waals surface area contributed by atoms with Gasteiger partial charge in [-0.05, 0) is 31.2 Å². The van der Waals surface area contributed by atoms with Crippen molar-refractivity contribution >= 4 is 23.2 Å². The van der Waals surface area contributed by atoms with Crippen molar-refractivity contribution in [3.63, 3.8) is 0 Å². The minimum atomic E-state index is 0.123. The molecule has 0 saturated heterocycles. The van der Waals surface area contributed by atoms with Gasteiger partial charge in [-0.25, -0.2) is 0 Å². The van der Waals surface area contributed by atoms with E-state index in [0.717, 1.165) is 11.3 Å². The summed E-state index contributed by atoms with van der Waals surface area (Å²) in [5.74, 6) is 0.896. The van der Waals surface area contributed by atoms with Crippen molar-refractivity contribution < 1.29 is 4.42 Å². The Hall–Kier alpha value is -0.960. The van der Waals surface area contributed by atoms with Gasteiger partial charge in [-0.15, -0.1) is 0 Å². The lowest BCUT2D eigenvalue weighted by Crippen LogP contribution is -2.18. The Morgan fingerprint density at radius 2 is 1.88 bits per heavy atom.